The first-order valence-electron chi connectivity index (χ1n) is 11.5. The van der Waals surface area contributed by atoms with Crippen LogP contribution in [0.2, 0.25) is 0 Å². The fourth-order valence-corrected chi connectivity index (χ4v) is 5.92. The van der Waals surface area contributed by atoms with Crippen LogP contribution in [0.5, 0.6) is 5.75 Å². The lowest BCUT2D eigenvalue weighted by Crippen LogP contribution is -2.38. The molecule has 168 valence electrons. The molecule has 6 rings (SSSR count). The second-order valence-electron chi connectivity index (χ2n) is 8.80. The predicted molar refractivity (Wildman–Crippen MR) is 137 cm³/mol. The molecule has 3 aromatic carbocycles. The van der Waals surface area contributed by atoms with Gasteiger partial charge >= 0.3 is 0 Å². The smallest absolute Gasteiger partial charge is 0.271 e. The number of aryl methyl sites for hydroxylation is 2. The maximum absolute atomic E-state index is 13.7. The van der Waals surface area contributed by atoms with Crippen molar-refractivity contribution in [3.05, 3.63) is 126 Å². The number of benzene rings is 3. The molecule has 4 aromatic rings. The van der Waals surface area contributed by atoms with Gasteiger partial charge in [-0.25, -0.2) is 4.99 Å². The van der Waals surface area contributed by atoms with Gasteiger partial charge < -0.3 is 4.74 Å². The summed E-state index contributed by atoms with van der Waals surface area (Å²) in [6.07, 6.45) is 3.81. The van der Waals surface area contributed by atoms with Crippen LogP contribution in [0, 0.1) is 6.92 Å². The van der Waals surface area contributed by atoms with Crippen LogP contribution in [0.1, 0.15) is 40.3 Å². The average Bonchev–Trinajstić information content (AvgIpc) is 3.18. The van der Waals surface area contributed by atoms with E-state index in [1.165, 1.54) is 33.6 Å². The fraction of sp³-hybridized carbons (Fsp3) is 0.172. The van der Waals surface area contributed by atoms with Crippen molar-refractivity contribution in [2.75, 3.05) is 7.11 Å². The lowest BCUT2D eigenvalue weighted by molar-refractivity contribution is 0.415. The summed E-state index contributed by atoms with van der Waals surface area (Å²) in [6, 6.07) is 24.7. The van der Waals surface area contributed by atoms with E-state index in [2.05, 4.69) is 55.5 Å². The molecule has 1 unspecified atom stereocenters. The number of thiazole rings is 1. The SMILES string of the molecule is COc1ccc(C=c2sc3n(c2=O)C(c2ccc(C)cc2)C2=C(N=3)c3ccccc3CC2)cc1. The van der Waals surface area contributed by atoms with Crippen LogP contribution in [0.4, 0.5) is 0 Å². The highest BCUT2D eigenvalue weighted by Gasteiger charge is 2.32. The fourth-order valence-electron chi connectivity index (χ4n) is 4.92. The molecule has 0 fully saturated rings. The first-order valence-corrected chi connectivity index (χ1v) is 12.3. The molecule has 5 heteroatoms. The minimum absolute atomic E-state index is 0.00977. The molecule has 1 atom stereocenters. The Morgan fingerprint density at radius 2 is 1.76 bits per heavy atom. The Balaban J connectivity index is 1.59. The van der Waals surface area contributed by atoms with Crippen molar-refractivity contribution in [3.63, 3.8) is 0 Å². The van der Waals surface area contributed by atoms with Crippen LogP contribution in [0.25, 0.3) is 11.8 Å². The van der Waals surface area contributed by atoms with Crippen LogP contribution in [-0.2, 0) is 6.42 Å². The summed E-state index contributed by atoms with van der Waals surface area (Å²) in [5.41, 5.74) is 8.08. The van der Waals surface area contributed by atoms with Crippen molar-refractivity contribution < 1.29 is 4.74 Å². The molecule has 0 spiro atoms. The molecule has 0 radical (unpaired) electrons. The number of hydrogen-bond donors (Lipinski definition) is 0. The maximum atomic E-state index is 13.7. The van der Waals surface area contributed by atoms with E-state index < -0.39 is 0 Å². The molecule has 1 aliphatic heterocycles. The van der Waals surface area contributed by atoms with Gasteiger partial charge in [-0.3, -0.25) is 9.36 Å². The Morgan fingerprint density at radius 1 is 1.00 bits per heavy atom. The van der Waals surface area contributed by atoms with E-state index in [0.29, 0.717) is 4.53 Å². The molecular formula is C29H24N2O2S. The number of ether oxygens (including phenoxy) is 1. The second kappa shape index (κ2) is 8.26. The molecule has 0 bridgehead atoms. The quantitative estimate of drug-likeness (QED) is 0.444. The topological polar surface area (TPSA) is 43.6 Å². The van der Waals surface area contributed by atoms with Gasteiger partial charge in [0.2, 0.25) is 0 Å². The first-order chi connectivity index (χ1) is 16.6. The summed E-state index contributed by atoms with van der Waals surface area (Å²) in [5.74, 6) is 0.796. The summed E-state index contributed by atoms with van der Waals surface area (Å²) in [6.45, 7) is 2.09. The Hall–Kier alpha value is -3.70. The highest BCUT2D eigenvalue weighted by Crippen LogP contribution is 2.41. The van der Waals surface area contributed by atoms with Gasteiger partial charge in [-0.1, -0.05) is 77.6 Å². The van der Waals surface area contributed by atoms with Gasteiger partial charge in [0.25, 0.3) is 5.56 Å². The largest absolute Gasteiger partial charge is 0.497 e. The third kappa shape index (κ3) is 3.44. The van der Waals surface area contributed by atoms with Crippen molar-refractivity contribution in [2.24, 2.45) is 4.99 Å². The van der Waals surface area contributed by atoms with Crippen molar-refractivity contribution in [1.82, 2.24) is 4.57 Å². The van der Waals surface area contributed by atoms with Gasteiger partial charge in [-0.15, -0.1) is 0 Å². The summed E-state index contributed by atoms with van der Waals surface area (Å²) in [4.78, 5) is 19.6. The lowest BCUT2D eigenvalue weighted by atomic mass is 9.83. The number of hydrogen-bond acceptors (Lipinski definition) is 4. The Labute approximate surface area is 201 Å². The summed E-state index contributed by atoms with van der Waals surface area (Å²) >= 11 is 1.46. The lowest BCUT2D eigenvalue weighted by Gasteiger charge is -2.30. The van der Waals surface area contributed by atoms with Crippen molar-refractivity contribution in [3.8, 4) is 5.75 Å². The number of rotatable bonds is 3. The van der Waals surface area contributed by atoms with E-state index in [1.807, 2.05) is 34.9 Å². The Bertz CT molecular complexity index is 1610. The molecule has 4 nitrogen and oxygen atoms in total. The Morgan fingerprint density at radius 3 is 2.53 bits per heavy atom. The predicted octanol–water partition coefficient (Wildman–Crippen LogP) is 4.64. The normalized spacial score (nSPS) is 17.0. The van der Waals surface area contributed by atoms with E-state index in [0.717, 1.165) is 40.2 Å². The number of allylic oxidation sites excluding steroid dienone is 1. The summed E-state index contributed by atoms with van der Waals surface area (Å²) in [5, 5.41) is 0. The van der Waals surface area contributed by atoms with Crippen molar-refractivity contribution in [2.45, 2.75) is 25.8 Å². The van der Waals surface area contributed by atoms with E-state index in [9.17, 15) is 4.79 Å². The highest BCUT2D eigenvalue weighted by atomic mass is 32.1. The molecule has 1 aliphatic carbocycles. The molecule has 0 N–H and O–H groups in total. The molecule has 1 aromatic heterocycles. The standard InChI is InChI=1S/C29H24N2O2S/c1-18-7-11-21(12-8-18)27-24-16-13-20-5-3-4-6-23(20)26(24)30-29-31(27)28(32)25(34-29)17-19-9-14-22(33-2)15-10-19/h3-12,14-15,17,27H,13,16H2,1-2H3. The van der Waals surface area contributed by atoms with Gasteiger partial charge in [0.15, 0.2) is 4.80 Å². The second-order valence-corrected chi connectivity index (χ2v) is 9.81. The zero-order valence-corrected chi connectivity index (χ0v) is 19.9. The van der Waals surface area contributed by atoms with Crippen LogP contribution in [0.15, 0.2) is 88.2 Å². The van der Waals surface area contributed by atoms with Crippen LogP contribution < -0.4 is 19.6 Å². The maximum Gasteiger partial charge on any atom is 0.271 e. The van der Waals surface area contributed by atoms with Gasteiger partial charge in [0, 0.05) is 5.56 Å². The van der Waals surface area contributed by atoms with E-state index in [-0.39, 0.29) is 11.6 Å². The van der Waals surface area contributed by atoms with Crippen molar-refractivity contribution in [1.29, 1.82) is 0 Å². The molecular weight excluding hydrogens is 440 g/mol. The summed E-state index contributed by atoms with van der Waals surface area (Å²) < 4.78 is 7.86. The zero-order valence-electron chi connectivity index (χ0n) is 19.1. The van der Waals surface area contributed by atoms with Gasteiger partial charge in [-0.05, 0) is 60.2 Å². The van der Waals surface area contributed by atoms with Crippen LogP contribution in [0.3, 0.4) is 0 Å². The molecule has 2 heterocycles. The van der Waals surface area contributed by atoms with E-state index in [1.54, 1.807) is 7.11 Å². The minimum atomic E-state index is -0.141. The number of aromatic nitrogens is 1. The minimum Gasteiger partial charge on any atom is -0.497 e. The molecule has 34 heavy (non-hydrogen) atoms. The van der Waals surface area contributed by atoms with Gasteiger partial charge in [-0.2, -0.15) is 0 Å². The van der Waals surface area contributed by atoms with Gasteiger partial charge in [0.1, 0.15) is 5.75 Å². The summed E-state index contributed by atoms with van der Waals surface area (Å²) in [7, 11) is 1.65. The number of nitrogens with zero attached hydrogens (tertiary/aromatic N) is 2. The molecule has 0 saturated carbocycles. The van der Waals surface area contributed by atoms with Crippen LogP contribution in [-0.4, -0.2) is 11.7 Å². The third-order valence-corrected chi connectivity index (χ3v) is 7.66. The molecule has 2 aliphatic rings. The van der Waals surface area contributed by atoms with E-state index in [4.69, 9.17) is 9.73 Å². The first kappa shape index (κ1) is 20.9. The molecule has 0 saturated heterocycles. The monoisotopic (exact) mass is 464 g/mol. The zero-order chi connectivity index (χ0) is 23.2. The Kier molecular flexibility index (Phi) is 5.07. The number of methoxy groups -OCH3 is 1. The van der Waals surface area contributed by atoms with Crippen LogP contribution >= 0.6 is 11.3 Å². The highest BCUT2D eigenvalue weighted by molar-refractivity contribution is 7.07. The molecule has 0 amide bonds. The van der Waals surface area contributed by atoms with E-state index >= 15 is 0 Å². The number of fused-ring (bicyclic) bond motifs is 3. The third-order valence-electron chi connectivity index (χ3n) is 6.68. The van der Waals surface area contributed by atoms with Gasteiger partial charge in [0.05, 0.1) is 23.4 Å². The average molecular weight is 465 g/mol. The van der Waals surface area contributed by atoms with Crippen molar-refractivity contribution >= 4 is 23.1 Å².